The molecule has 0 radical (unpaired) electrons. The van der Waals surface area contributed by atoms with Crippen LogP contribution in [0.5, 0.6) is 0 Å². The molecule has 0 saturated heterocycles. The largest absolute Gasteiger partial charge is 0.321 e. The van der Waals surface area contributed by atoms with E-state index in [4.69, 9.17) is 0 Å². The fourth-order valence-corrected chi connectivity index (χ4v) is 3.54. The molecule has 3 heterocycles. The van der Waals surface area contributed by atoms with Gasteiger partial charge in [-0.15, -0.1) is 5.10 Å². The van der Waals surface area contributed by atoms with Crippen molar-refractivity contribution in [1.29, 1.82) is 0 Å². The van der Waals surface area contributed by atoms with E-state index in [1.165, 1.54) is 4.80 Å². The van der Waals surface area contributed by atoms with Crippen LogP contribution in [0.4, 0.5) is 5.69 Å². The van der Waals surface area contributed by atoms with E-state index in [0.29, 0.717) is 23.0 Å². The van der Waals surface area contributed by atoms with E-state index >= 15 is 0 Å². The van der Waals surface area contributed by atoms with Crippen LogP contribution >= 0.6 is 0 Å². The monoisotopic (exact) mass is 411 g/mol. The molecule has 0 bridgehead atoms. The molecule has 0 atom stereocenters. The lowest BCUT2D eigenvalue weighted by Crippen LogP contribution is -2.14. The van der Waals surface area contributed by atoms with Crippen molar-refractivity contribution in [3.05, 3.63) is 71.8 Å². The minimum absolute atomic E-state index is 0.264. The number of nitrogens with one attached hydrogen (secondary N) is 1. The lowest BCUT2D eigenvalue weighted by Gasteiger charge is -2.11. The van der Waals surface area contributed by atoms with Gasteiger partial charge in [-0.1, -0.05) is 6.07 Å². The summed E-state index contributed by atoms with van der Waals surface area (Å²) in [6.07, 6.45) is 7.49. The third-order valence-corrected chi connectivity index (χ3v) is 5.39. The van der Waals surface area contributed by atoms with Gasteiger partial charge in [-0.25, -0.2) is 0 Å². The second-order valence-electron chi connectivity index (χ2n) is 7.78. The molecule has 0 unspecified atom stereocenters. The summed E-state index contributed by atoms with van der Waals surface area (Å²) in [7, 11) is 1.77. The average molecular weight is 411 g/mol. The van der Waals surface area contributed by atoms with Crippen LogP contribution in [0.2, 0.25) is 0 Å². The Morgan fingerprint density at radius 2 is 1.97 bits per heavy atom. The Balaban J connectivity index is 1.42. The standard InChI is InChI=1S/C23H21N7O/c1-14-3-6-18(27-23(31)21-10-17(12-25-28-21)15-4-5-15)11-19(14)16-7-8-24-20(9-16)22-13-26-30(2)29-22/h3,6-13,15H,4-5H2,1-2H3,(H,27,31). The molecular weight excluding hydrogens is 390 g/mol. The number of amides is 1. The smallest absolute Gasteiger partial charge is 0.276 e. The summed E-state index contributed by atoms with van der Waals surface area (Å²) < 4.78 is 0. The first-order valence-electron chi connectivity index (χ1n) is 10.1. The van der Waals surface area contributed by atoms with Gasteiger partial charge in [0.25, 0.3) is 5.91 Å². The first-order chi connectivity index (χ1) is 15.1. The second-order valence-corrected chi connectivity index (χ2v) is 7.78. The van der Waals surface area contributed by atoms with Gasteiger partial charge in [-0.3, -0.25) is 9.78 Å². The van der Waals surface area contributed by atoms with Gasteiger partial charge in [0, 0.05) is 18.9 Å². The number of benzene rings is 1. The topological polar surface area (TPSA) is 98.5 Å². The minimum atomic E-state index is -0.264. The van der Waals surface area contributed by atoms with Gasteiger partial charge in [-0.05, 0) is 78.3 Å². The van der Waals surface area contributed by atoms with E-state index in [2.05, 4.69) is 30.7 Å². The predicted molar refractivity (Wildman–Crippen MR) is 116 cm³/mol. The number of carbonyl (C=O) groups excluding carboxylic acids is 1. The maximum absolute atomic E-state index is 12.7. The van der Waals surface area contributed by atoms with Crippen LogP contribution in [0.25, 0.3) is 22.5 Å². The Morgan fingerprint density at radius 3 is 2.74 bits per heavy atom. The molecule has 154 valence electrons. The van der Waals surface area contributed by atoms with Crippen molar-refractivity contribution in [2.24, 2.45) is 7.05 Å². The van der Waals surface area contributed by atoms with Gasteiger partial charge >= 0.3 is 0 Å². The third-order valence-electron chi connectivity index (χ3n) is 5.39. The van der Waals surface area contributed by atoms with E-state index in [1.807, 2.05) is 43.3 Å². The van der Waals surface area contributed by atoms with Crippen molar-refractivity contribution in [2.45, 2.75) is 25.7 Å². The van der Waals surface area contributed by atoms with Gasteiger partial charge in [0.1, 0.15) is 5.69 Å². The Morgan fingerprint density at radius 1 is 1.10 bits per heavy atom. The quantitative estimate of drug-likeness (QED) is 0.537. The number of nitrogens with zero attached hydrogens (tertiary/aromatic N) is 6. The molecule has 1 aliphatic rings. The summed E-state index contributed by atoms with van der Waals surface area (Å²) in [5.41, 5.74) is 6.64. The second kappa shape index (κ2) is 7.71. The third kappa shape index (κ3) is 4.05. The summed E-state index contributed by atoms with van der Waals surface area (Å²) >= 11 is 0. The van der Waals surface area contributed by atoms with E-state index in [1.54, 1.807) is 25.6 Å². The molecule has 1 aliphatic carbocycles. The molecule has 1 aromatic carbocycles. The Kier molecular flexibility index (Phi) is 4.74. The van der Waals surface area contributed by atoms with Gasteiger partial charge in [0.05, 0.1) is 18.1 Å². The molecular formula is C23H21N7O. The summed E-state index contributed by atoms with van der Waals surface area (Å²) in [5, 5.41) is 19.4. The number of hydrogen-bond acceptors (Lipinski definition) is 6. The van der Waals surface area contributed by atoms with E-state index in [9.17, 15) is 4.79 Å². The van der Waals surface area contributed by atoms with Crippen LogP contribution in [0, 0.1) is 6.92 Å². The number of carbonyl (C=O) groups is 1. The average Bonchev–Trinajstić information content (AvgIpc) is 3.55. The molecule has 8 heteroatoms. The molecule has 1 fully saturated rings. The molecule has 0 aliphatic heterocycles. The summed E-state index contributed by atoms with van der Waals surface area (Å²) in [4.78, 5) is 18.7. The first kappa shape index (κ1) is 19.0. The maximum Gasteiger partial charge on any atom is 0.276 e. The number of anilines is 1. The molecule has 1 amide bonds. The first-order valence-corrected chi connectivity index (χ1v) is 10.1. The molecule has 0 spiro atoms. The molecule has 5 rings (SSSR count). The fraction of sp³-hybridized carbons (Fsp3) is 0.217. The van der Waals surface area contributed by atoms with Crippen molar-refractivity contribution < 1.29 is 4.79 Å². The van der Waals surface area contributed by atoms with Gasteiger partial charge in [0.15, 0.2) is 5.69 Å². The molecule has 1 N–H and O–H groups in total. The number of rotatable bonds is 5. The van der Waals surface area contributed by atoms with Crippen LogP contribution in [0.3, 0.4) is 0 Å². The Labute approximate surface area is 179 Å². The molecule has 3 aromatic heterocycles. The SMILES string of the molecule is Cc1ccc(NC(=O)c2cc(C3CC3)cnn2)cc1-c1ccnc(-c2cnn(C)n2)c1. The number of aryl methyl sites for hydroxylation is 2. The minimum Gasteiger partial charge on any atom is -0.321 e. The molecule has 31 heavy (non-hydrogen) atoms. The van der Waals surface area contributed by atoms with Crippen LogP contribution in [-0.4, -0.2) is 36.1 Å². The lowest BCUT2D eigenvalue weighted by molar-refractivity contribution is 0.102. The van der Waals surface area contributed by atoms with Crippen LogP contribution < -0.4 is 5.32 Å². The van der Waals surface area contributed by atoms with Crippen molar-refractivity contribution in [2.75, 3.05) is 5.32 Å². The zero-order chi connectivity index (χ0) is 21.4. The number of aromatic nitrogens is 6. The predicted octanol–water partition coefficient (Wildman–Crippen LogP) is 3.77. The number of pyridine rings is 1. The van der Waals surface area contributed by atoms with E-state index in [-0.39, 0.29) is 5.91 Å². The van der Waals surface area contributed by atoms with Crippen molar-refractivity contribution >= 4 is 11.6 Å². The lowest BCUT2D eigenvalue weighted by atomic mass is 9.99. The highest BCUT2D eigenvalue weighted by Crippen LogP contribution is 2.39. The van der Waals surface area contributed by atoms with Gasteiger partial charge in [0.2, 0.25) is 0 Å². The summed E-state index contributed by atoms with van der Waals surface area (Å²) in [6, 6.07) is 11.6. The molecule has 1 saturated carbocycles. The summed E-state index contributed by atoms with van der Waals surface area (Å²) in [5.74, 6) is 0.253. The Bertz CT molecular complexity index is 1280. The Hall–Kier alpha value is -3.94. The van der Waals surface area contributed by atoms with Gasteiger partial charge in [-0.2, -0.15) is 20.1 Å². The van der Waals surface area contributed by atoms with Crippen molar-refractivity contribution in [1.82, 2.24) is 30.2 Å². The normalized spacial score (nSPS) is 13.2. The van der Waals surface area contributed by atoms with Crippen LogP contribution in [0.15, 0.2) is 55.0 Å². The van der Waals surface area contributed by atoms with Crippen molar-refractivity contribution in [3.8, 4) is 22.5 Å². The zero-order valence-electron chi connectivity index (χ0n) is 17.3. The molecule has 8 nitrogen and oxygen atoms in total. The molecule has 4 aromatic rings. The zero-order valence-corrected chi connectivity index (χ0v) is 17.3. The fourth-order valence-electron chi connectivity index (χ4n) is 3.54. The van der Waals surface area contributed by atoms with E-state index < -0.39 is 0 Å². The van der Waals surface area contributed by atoms with E-state index in [0.717, 1.165) is 40.8 Å². The highest BCUT2D eigenvalue weighted by atomic mass is 16.1. The van der Waals surface area contributed by atoms with Crippen LogP contribution in [-0.2, 0) is 7.05 Å². The summed E-state index contributed by atoms with van der Waals surface area (Å²) in [6.45, 7) is 2.04. The van der Waals surface area contributed by atoms with Crippen LogP contribution in [0.1, 0.15) is 40.4 Å². The number of hydrogen-bond donors (Lipinski definition) is 1. The maximum atomic E-state index is 12.7. The van der Waals surface area contributed by atoms with Gasteiger partial charge < -0.3 is 5.32 Å². The highest BCUT2D eigenvalue weighted by molar-refractivity contribution is 6.03. The van der Waals surface area contributed by atoms with Crippen molar-refractivity contribution in [3.63, 3.8) is 0 Å². The highest BCUT2D eigenvalue weighted by Gasteiger charge is 2.25.